The third-order valence-corrected chi connectivity index (χ3v) is 4.91. The van der Waals surface area contributed by atoms with Crippen molar-refractivity contribution >= 4 is 11.8 Å². The Hall–Kier alpha value is -2.42. The van der Waals surface area contributed by atoms with Gasteiger partial charge < -0.3 is 4.74 Å². The molecule has 1 unspecified atom stereocenters. The van der Waals surface area contributed by atoms with Gasteiger partial charge in [0.15, 0.2) is 6.10 Å². The van der Waals surface area contributed by atoms with E-state index in [0.717, 1.165) is 17.5 Å². The van der Waals surface area contributed by atoms with Crippen LogP contribution in [0.3, 0.4) is 0 Å². The molecule has 0 aliphatic heterocycles. The van der Waals surface area contributed by atoms with Crippen molar-refractivity contribution in [1.82, 2.24) is 0 Å². The number of rotatable bonds is 11. The summed E-state index contributed by atoms with van der Waals surface area (Å²) < 4.78 is 5.19. The summed E-state index contributed by atoms with van der Waals surface area (Å²) in [5, 5.41) is 0. The van der Waals surface area contributed by atoms with E-state index in [4.69, 9.17) is 4.74 Å². The second-order valence-electron chi connectivity index (χ2n) is 7.33. The Bertz CT molecular complexity index is 744. The summed E-state index contributed by atoms with van der Waals surface area (Å²) in [5.41, 5.74) is 4.14. The lowest BCUT2D eigenvalue weighted by atomic mass is 9.99. The van der Waals surface area contributed by atoms with Gasteiger partial charge in [-0.25, -0.2) is 0 Å². The Labute approximate surface area is 169 Å². The van der Waals surface area contributed by atoms with Crippen LogP contribution in [0, 0.1) is 0 Å². The average Bonchev–Trinajstić information content (AvgIpc) is 2.71. The van der Waals surface area contributed by atoms with Crippen LogP contribution in [0.4, 0.5) is 0 Å². The molecule has 3 heteroatoms. The second-order valence-corrected chi connectivity index (χ2v) is 7.33. The van der Waals surface area contributed by atoms with Gasteiger partial charge in [-0.3, -0.25) is 9.59 Å². The number of ketones is 1. The van der Waals surface area contributed by atoms with Gasteiger partial charge in [-0.2, -0.15) is 0 Å². The van der Waals surface area contributed by atoms with Gasteiger partial charge in [0.05, 0.1) is 0 Å². The van der Waals surface area contributed by atoms with E-state index < -0.39 is 6.10 Å². The molecule has 1 atom stereocenters. The summed E-state index contributed by atoms with van der Waals surface area (Å²) in [6, 6.07) is 16.2. The van der Waals surface area contributed by atoms with E-state index in [1.165, 1.54) is 31.2 Å². The zero-order valence-electron chi connectivity index (χ0n) is 17.4. The van der Waals surface area contributed by atoms with Gasteiger partial charge in [-0.05, 0) is 42.9 Å². The molecule has 2 aromatic rings. The fourth-order valence-corrected chi connectivity index (χ4v) is 3.20. The first kappa shape index (κ1) is 21.9. The Morgan fingerprint density at radius 1 is 0.821 bits per heavy atom. The molecule has 0 aliphatic carbocycles. The monoisotopic (exact) mass is 380 g/mol. The van der Waals surface area contributed by atoms with Crippen LogP contribution in [0.5, 0.6) is 0 Å². The molecule has 0 heterocycles. The molecule has 150 valence electrons. The smallest absolute Gasteiger partial charge is 0.306 e. The third kappa shape index (κ3) is 6.63. The number of Topliss-reactive ketones (excluding diaryl/α,β-unsaturated/α-hetero) is 1. The van der Waals surface area contributed by atoms with Crippen LogP contribution >= 0.6 is 0 Å². The summed E-state index contributed by atoms with van der Waals surface area (Å²) >= 11 is 0. The Morgan fingerprint density at radius 2 is 1.43 bits per heavy atom. The average molecular weight is 381 g/mol. The van der Waals surface area contributed by atoms with Gasteiger partial charge >= 0.3 is 5.97 Å². The topological polar surface area (TPSA) is 43.4 Å². The standard InChI is InChI=1S/C25H32O3/c1-4-6-7-8-10-20-11-13-21(14-12-20)22-15-17-23(18-16-22)25(27)19(3)28-24(26)9-5-2/h11-19H,4-10H2,1-3H3. The molecular formula is C25H32O3. The lowest BCUT2D eigenvalue weighted by Gasteiger charge is -2.12. The zero-order valence-corrected chi connectivity index (χ0v) is 17.4. The number of carbonyl (C=O) groups excluding carboxylic acids is 2. The minimum Gasteiger partial charge on any atom is -0.454 e. The lowest BCUT2D eigenvalue weighted by Crippen LogP contribution is -2.24. The van der Waals surface area contributed by atoms with Gasteiger partial charge in [0.25, 0.3) is 0 Å². The Balaban J connectivity index is 1.96. The second kappa shape index (κ2) is 11.4. The number of hydrogen-bond donors (Lipinski definition) is 0. The fraction of sp³-hybridized carbons (Fsp3) is 0.440. The number of carbonyl (C=O) groups is 2. The summed E-state index contributed by atoms with van der Waals surface area (Å²) in [5.74, 6) is -0.492. The van der Waals surface area contributed by atoms with Crippen LogP contribution < -0.4 is 0 Å². The molecule has 2 aromatic carbocycles. The highest BCUT2D eigenvalue weighted by Gasteiger charge is 2.19. The minimum atomic E-state index is -0.753. The van der Waals surface area contributed by atoms with E-state index in [0.29, 0.717) is 18.4 Å². The normalized spacial score (nSPS) is 11.8. The van der Waals surface area contributed by atoms with Gasteiger partial charge in [0.2, 0.25) is 5.78 Å². The molecule has 2 rings (SSSR count). The van der Waals surface area contributed by atoms with Crippen molar-refractivity contribution in [3.63, 3.8) is 0 Å². The maximum absolute atomic E-state index is 12.4. The molecule has 0 saturated carbocycles. The molecule has 0 fully saturated rings. The number of unbranched alkanes of at least 4 members (excludes halogenated alkanes) is 3. The number of esters is 1. The van der Waals surface area contributed by atoms with Crippen molar-refractivity contribution in [2.24, 2.45) is 0 Å². The molecule has 0 amide bonds. The first-order valence-corrected chi connectivity index (χ1v) is 10.5. The quantitative estimate of drug-likeness (QED) is 0.258. The Kier molecular flexibility index (Phi) is 8.93. The van der Waals surface area contributed by atoms with Crippen LogP contribution in [-0.4, -0.2) is 17.9 Å². The predicted molar refractivity (Wildman–Crippen MR) is 115 cm³/mol. The van der Waals surface area contributed by atoms with Crippen molar-refractivity contribution in [1.29, 1.82) is 0 Å². The van der Waals surface area contributed by atoms with Crippen LogP contribution in [0.2, 0.25) is 0 Å². The molecular weight excluding hydrogens is 348 g/mol. The van der Waals surface area contributed by atoms with Crippen LogP contribution in [-0.2, 0) is 16.0 Å². The maximum atomic E-state index is 12.4. The Morgan fingerprint density at radius 3 is 2.00 bits per heavy atom. The van der Waals surface area contributed by atoms with E-state index in [-0.39, 0.29) is 11.8 Å². The number of ether oxygens (including phenoxy) is 1. The van der Waals surface area contributed by atoms with Gasteiger partial charge in [0, 0.05) is 12.0 Å². The number of benzene rings is 2. The van der Waals surface area contributed by atoms with E-state index in [1.54, 1.807) is 19.1 Å². The molecule has 0 N–H and O–H groups in total. The molecule has 3 nitrogen and oxygen atoms in total. The van der Waals surface area contributed by atoms with E-state index in [2.05, 4.69) is 31.2 Å². The molecule has 0 bridgehead atoms. The van der Waals surface area contributed by atoms with E-state index >= 15 is 0 Å². The third-order valence-electron chi connectivity index (χ3n) is 4.91. The molecule has 0 aromatic heterocycles. The van der Waals surface area contributed by atoms with Crippen molar-refractivity contribution in [2.45, 2.75) is 71.8 Å². The van der Waals surface area contributed by atoms with Crippen LogP contribution in [0.15, 0.2) is 48.5 Å². The molecule has 0 radical (unpaired) electrons. The minimum absolute atomic E-state index is 0.168. The van der Waals surface area contributed by atoms with Crippen molar-refractivity contribution < 1.29 is 14.3 Å². The summed E-state index contributed by atoms with van der Waals surface area (Å²) in [4.78, 5) is 24.0. The first-order valence-electron chi connectivity index (χ1n) is 10.5. The van der Waals surface area contributed by atoms with Crippen molar-refractivity contribution in [3.8, 4) is 11.1 Å². The van der Waals surface area contributed by atoms with Crippen LogP contribution in [0.25, 0.3) is 11.1 Å². The summed E-state index contributed by atoms with van der Waals surface area (Å²) in [7, 11) is 0. The van der Waals surface area contributed by atoms with Gasteiger partial charge in [-0.1, -0.05) is 81.6 Å². The van der Waals surface area contributed by atoms with Crippen LogP contribution in [0.1, 0.15) is 75.2 Å². The maximum Gasteiger partial charge on any atom is 0.306 e. The molecule has 0 saturated heterocycles. The number of aryl methyl sites for hydroxylation is 1. The highest BCUT2D eigenvalue weighted by atomic mass is 16.5. The first-order chi connectivity index (χ1) is 13.5. The van der Waals surface area contributed by atoms with Gasteiger partial charge in [0.1, 0.15) is 0 Å². The number of hydrogen-bond acceptors (Lipinski definition) is 3. The highest BCUT2D eigenvalue weighted by Crippen LogP contribution is 2.22. The summed E-state index contributed by atoms with van der Waals surface area (Å²) in [6.45, 7) is 5.77. The van der Waals surface area contributed by atoms with E-state index in [9.17, 15) is 9.59 Å². The summed E-state index contributed by atoms with van der Waals surface area (Å²) in [6.07, 6.45) is 6.53. The molecule has 28 heavy (non-hydrogen) atoms. The fourth-order valence-electron chi connectivity index (χ4n) is 3.20. The molecule has 0 aliphatic rings. The lowest BCUT2D eigenvalue weighted by molar-refractivity contribution is -0.146. The van der Waals surface area contributed by atoms with Crippen molar-refractivity contribution in [2.75, 3.05) is 0 Å². The van der Waals surface area contributed by atoms with Gasteiger partial charge in [-0.15, -0.1) is 0 Å². The largest absolute Gasteiger partial charge is 0.454 e. The van der Waals surface area contributed by atoms with Crippen molar-refractivity contribution in [3.05, 3.63) is 59.7 Å². The SMILES string of the molecule is CCCCCCc1ccc(-c2ccc(C(=O)C(C)OC(=O)CCC)cc2)cc1. The molecule has 0 spiro atoms. The highest BCUT2D eigenvalue weighted by molar-refractivity contribution is 6.00. The predicted octanol–water partition coefficient (Wildman–Crippen LogP) is 6.39. The zero-order chi connectivity index (χ0) is 20.4. The van der Waals surface area contributed by atoms with E-state index in [1.807, 2.05) is 19.1 Å².